The van der Waals surface area contributed by atoms with Gasteiger partial charge >= 0.3 is 0 Å². The van der Waals surface area contributed by atoms with Crippen LogP contribution >= 0.6 is 11.3 Å². The molecule has 2 aliphatic heterocycles. The molecule has 2 fully saturated rings. The lowest BCUT2D eigenvalue weighted by Crippen LogP contribution is -2.48. The van der Waals surface area contributed by atoms with E-state index in [2.05, 4.69) is 5.32 Å². The van der Waals surface area contributed by atoms with Gasteiger partial charge < -0.3 is 24.8 Å². The number of benzene rings is 1. The molecule has 10 heteroatoms. The van der Waals surface area contributed by atoms with Crippen molar-refractivity contribution in [1.29, 1.82) is 0 Å². The first-order valence-electron chi connectivity index (χ1n) is 11.9. The maximum atomic E-state index is 13.7. The highest BCUT2D eigenvalue weighted by atomic mass is 32.1. The van der Waals surface area contributed by atoms with Gasteiger partial charge in [0.15, 0.2) is 0 Å². The smallest absolute Gasteiger partial charge is 0.264 e. The summed E-state index contributed by atoms with van der Waals surface area (Å²) in [6, 6.07) is 7.90. The Morgan fingerprint density at radius 1 is 1.17 bits per heavy atom. The van der Waals surface area contributed by atoms with Gasteiger partial charge in [0.2, 0.25) is 5.91 Å². The molecule has 1 aromatic heterocycles. The maximum Gasteiger partial charge on any atom is 0.264 e. The standard InChI is InChI=1S/C25H31FN4O4S/c1-34-14-13-29(25(33)22-4-2-15-35-22)20-16-21(24(32)28-11-3-9-27-10-12-28)30(17-20)23(31)18-5-7-19(26)8-6-18/h2,4-8,15,20-21,27H,3,9-14,16-17H2,1H3. The number of carbonyl (C=O) groups is 3. The van der Waals surface area contributed by atoms with Crippen LogP contribution in [0.15, 0.2) is 41.8 Å². The summed E-state index contributed by atoms with van der Waals surface area (Å²) in [6.07, 6.45) is 1.18. The molecule has 0 radical (unpaired) electrons. The molecular formula is C25H31FN4O4S. The number of methoxy groups -OCH3 is 1. The Hall–Kier alpha value is -2.82. The highest BCUT2D eigenvalue weighted by Crippen LogP contribution is 2.28. The first kappa shape index (κ1) is 25.3. The molecule has 0 saturated carbocycles. The van der Waals surface area contributed by atoms with E-state index in [-0.39, 0.29) is 30.3 Å². The van der Waals surface area contributed by atoms with Crippen LogP contribution < -0.4 is 5.32 Å². The summed E-state index contributed by atoms with van der Waals surface area (Å²) in [5.41, 5.74) is 0.315. The minimum absolute atomic E-state index is 0.109. The van der Waals surface area contributed by atoms with Crippen LogP contribution in [0.2, 0.25) is 0 Å². The van der Waals surface area contributed by atoms with Crippen LogP contribution in [0.3, 0.4) is 0 Å². The summed E-state index contributed by atoms with van der Waals surface area (Å²) in [5.74, 6) is -1.02. The van der Waals surface area contributed by atoms with E-state index in [1.807, 2.05) is 11.4 Å². The Morgan fingerprint density at radius 2 is 1.97 bits per heavy atom. The van der Waals surface area contributed by atoms with Gasteiger partial charge in [-0.1, -0.05) is 6.07 Å². The number of halogens is 1. The number of amides is 3. The summed E-state index contributed by atoms with van der Waals surface area (Å²) in [5, 5.41) is 5.14. The first-order valence-corrected chi connectivity index (χ1v) is 12.8. The largest absolute Gasteiger partial charge is 0.383 e. The van der Waals surface area contributed by atoms with Crippen molar-refractivity contribution in [1.82, 2.24) is 20.0 Å². The van der Waals surface area contributed by atoms with Gasteiger partial charge in [0, 0.05) is 45.4 Å². The SMILES string of the molecule is COCCN(C(=O)c1cccs1)C1CC(C(=O)N2CCCNCC2)N(C(=O)c2ccc(F)cc2)C1. The van der Waals surface area contributed by atoms with Crippen LogP contribution in [0.5, 0.6) is 0 Å². The van der Waals surface area contributed by atoms with Gasteiger partial charge in [-0.3, -0.25) is 14.4 Å². The number of carbonyl (C=O) groups excluding carboxylic acids is 3. The van der Waals surface area contributed by atoms with E-state index in [0.29, 0.717) is 49.6 Å². The van der Waals surface area contributed by atoms with Crippen molar-refractivity contribution in [3.63, 3.8) is 0 Å². The predicted octanol–water partition coefficient (Wildman–Crippen LogP) is 2.08. The lowest BCUT2D eigenvalue weighted by Gasteiger charge is -2.29. The molecule has 3 heterocycles. The molecule has 2 unspecified atom stereocenters. The van der Waals surface area contributed by atoms with E-state index in [1.54, 1.807) is 27.9 Å². The second-order valence-electron chi connectivity index (χ2n) is 8.77. The molecule has 0 bridgehead atoms. The van der Waals surface area contributed by atoms with Gasteiger partial charge in [-0.05, 0) is 55.1 Å². The lowest BCUT2D eigenvalue weighted by molar-refractivity contribution is -0.135. The highest BCUT2D eigenvalue weighted by molar-refractivity contribution is 7.12. The highest BCUT2D eigenvalue weighted by Gasteiger charge is 2.44. The van der Waals surface area contributed by atoms with Gasteiger partial charge in [-0.2, -0.15) is 0 Å². The molecule has 2 aliphatic rings. The molecule has 1 aromatic carbocycles. The molecule has 2 atom stereocenters. The second-order valence-corrected chi connectivity index (χ2v) is 9.71. The van der Waals surface area contributed by atoms with Crippen molar-refractivity contribution in [3.8, 4) is 0 Å². The summed E-state index contributed by atoms with van der Waals surface area (Å²) in [6.45, 7) is 3.65. The van der Waals surface area contributed by atoms with Crippen LogP contribution in [-0.2, 0) is 9.53 Å². The topological polar surface area (TPSA) is 82.2 Å². The molecule has 4 rings (SSSR count). The number of nitrogens with zero attached hydrogens (tertiary/aromatic N) is 3. The Balaban J connectivity index is 1.62. The van der Waals surface area contributed by atoms with Gasteiger partial charge in [0.1, 0.15) is 11.9 Å². The molecule has 2 aromatic rings. The Bertz CT molecular complexity index is 1010. The molecule has 188 valence electrons. The van der Waals surface area contributed by atoms with Crippen molar-refractivity contribution in [3.05, 3.63) is 58.0 Å². The third-order valence-corrected chi connectivity index (χ3v) is 7.40. The molecule has 0 aliphatic carbocycles. The van der Waals surface area contributed by atoms with Gasteiger partial charge in [0.05, 0.1) is 17.5 Å². The monoisotopic (exact) mass is 502 g/mol. The molecule has 0 spiro atoms. The van der Waals surface area contributed by atoms with E-state index >= 15 is 0 Å². The van der Waals surface area contributed by atoms with Gasteiger partial charge in [-0.15, -0.1) is 11.3 Å². The van der Waals surface area contributed by atoms with Gasteiger partial charge in [-0.25, -0.2) is 4.39 Å². The molecule has 1 N–H and O–H groups in total. The fourth-order valence-electron chi connectivity index (χ4n) is 4.71. The molecule has 3 amide bonds. The minimum Gasteiger partial charge on any atom is -0.383 e. The lowest BCUT2D eigenvalue weighted by atomic mass is 10.1. The third kappa shape index (κ3) is 5.88. The van der Waals surface area contributed by atoms with Crippen molar-refractivity contribution in [2.75, 3.05) is 53.0 Å². The van der Waals surface area contributed by atoms with E-state index in [4.69, 9.17) is 4.74 Å². The van der Waals surface area contributed by atoms with Crippen molar-refractivity contribution in [2.24, 2.45) is 0 Å². The number of hydrogen-bond donors (Lipinski definition) is 1. The van der Waals surface area contributed by atoms with E-state index < -0.39 is 11.9 Å². The average Bonchev–Trinajstić information content (AvgIpc) is 3.48. The zero-order valence-corrected chi connectivity index (χ0v) is 20.6. The van der Waals surface area contributed by atoms with Crippen LogP contribution in [0, 0.1) is 5.82 Å². The fraction of sp³-hybridized carbons (Fsp3) is 0.480. The van der Waals surface area contributed by atoms with Crippen LogP contribution in [0.4, 0.5) is 4.39 Å². The number of ether oxygens (including phenoxy) is 1. The van der Waals surface area contributed by atoms with E-state index in [1.165, 1.54) is 35.6 Å². The Kier molecular flexibility index (Phi) is 8.48. The van der Waals surface area contributed by atoms with E-state index in [9.17, 15) is 18.8 Å². The third-order valence-electron chi connectivity index (χ3n) is 6.54. The normalized spacial score (nSPS) is 20.5. The molecular weight excluding hydrogens is 471 g/mol. The van der Waals surface area contributed by atoms with Crippen LogP contribution in [-0.4, -0.2) is 97.5 Å². The number of likely N-dealkylation sites (tertiary alicyclic amines) is 1. The summed E-state index contributed by atoms with van der Waals surface area (Å²) >= 11 is 1.36. The minimum atomic E-state index is -0.697. The van der Waals surface area contributed by atoms with Crippen LogP contribution in [0.1, 0.15) is 32.9 Å². The number of rotatable bonds is 7. The number of thiophene rings is 1. The number of hydrogen-bond acceptors (Lipinski definition) is 6. The Labute approximate surface area is 208 Å². The second kappa shape index (κ2) is 11.7. The summed E-state index contributed by atoms with van der Waals surface area (Å²) < 4.78 is 18.7. The van der Waals surface area contributed by atoms with Crippen LogP contribution in [0.25, 0.3) is 0 Å². The maximum absolute atomic E-state index is 13.7. The summed E-state index contributed by atoms with van der Waals surface area (Å²) in [7, 11) is 1.58. The predicted molar refractivity (Wildman–Crippen MR) is 131 cm³/mol. The van der Waals surface area contributed by atoms with Gasteiger partial charge in [0.25, 0.3) is 11.8 Å². The fourth-order valence-corrected chi connectivity index (χ4v) is 5.39. The zero-order valence-electron chi connectivity index (χ0n) is 19.8. The van der Waals surface area contributed by atoms with Crippen molar-refractivity contribution in [2.45, 2.75) is 24.9 Å². The number of nitrogens with one attached hydrogen (secondary N) is 1. The Morgan fingerprint density at radius 3 is 2.69 bits per heavy atom. The van der Waals surface area contributed by atoms with Crippen molar-refractivity contribution < 1.29 is 23.5 Å². The molecule has 8 nitrogen and oxygen atoms in total. The quantitative estimate of drug-likeness (QED) is 0.627. The van der Waals surface area contributed by atoms with Crippen molar-refractivity contribution >= 4 is 29.1 Å². The first-order chi connectivity index (χ1) is 17.0. The summed E-state index contributed by atoms with van der Waals surface area (Å²) in [4.78, 5) is 46.2. The zero-order chi connectivity index (χ0) is 24.8. The molecule has 35 heavy (non-hydrogen) atoms. The molecule has 2 saturated heterocycles. The van der Waals surface area contributed by atoms with E-state index in [0.717, 1.165) is 13.0 Å². The average molecular weight is 503 g/mol.